The predicted molar refractivity (Wildman–Crippen MR) is 118 cm³/mol. The van der Waals surface area contributed by atoms with E-state index in [9.17, 15) is 14.0 Å². The molecule has 2 aromatic carbocycles. The molecule has 3 aromatic rings. The average Bonchev–Trinajstić information content (AvgIpc) is 3.16. The molecule has 1 amide bonds. The fourth-order valence-electron chi connectivity index (χ4n) is 4.15. The summed E-state index contributed by atoms with van der Waals surface area (Å²) in [6, 6.07) is 12.7. The first-order chi connectivity index (χ1) is 15.2. The highest BCUT2D eigenvalue weighted by Crippen LogP contribution is 2.41. The Labute approximate surface area is 186 Å². The normalized spacial score (nSPS) is 16.8. The quantitative estimate of drug-likeness (QED) is 0.582. The SMILES string of the molecule is CC(=O)c1ccc(OCC(=O)N[C@@H]2CC(C)(C)Cc3c2cnn3-c2ccc(F)cc2)cc1. The van der Waals surface area contributed by atoms with Crippen LogP contribution in [0.4, 0.5) is 4.39 Å². The fourth-order valence-corrected chi connectivity index (χ4v) is 4.15. The van der Waals surface area contributed by atoms with Crippen LogP contribution in [0.5, 0.6) is 5.75 Å². The molecule has 1 aromatic heterocycles. The van der Waals surface area contributed by atoms with E-state index in [1.807, 2.05) is 4.68 Å². The maximum Gasteiger partial charge on any atom is 0.258 e. The minimum Gasteiger partial charge on any atom is -0.484 e. The molecule has 0 fully saturated rings. The Morgan fingerprint density at radius 2 is 1.84 bits per heavy atom. The highest BCUT2D eigenvalue weighted by Gasteiger charge is 2.36. The highest BCUT2D eigenvalue weighted by molar-refractivity contribution is 5.94. The van der Waals surface area contributed by atoms with Crippen molar-refractivity contribution >= 4 is 11.7 Å². The lowest BCUT2D eigenvalue weighted by Crippen LogP contribution is -2.38. The molecule has 1 heterocycles. The number of aromatic nitrogens is 2. The van der Waals surface area contributed by atoms with Gasteiger partial charge >= 0.3 is 0 Å². The molecule has 0 unspecified atom stereocenters. The Morgan fingerprint density at radius 3 is 2.50 bits per heavy atom. The van der Waals surface area contributed by atoms with E-state index in [1.54, 1.807) is 42.6 Å². The van der Waals surface area contributed by atoms with Gasteiger partial charge in [0.1, 0.15) is 11.6 Å². The van der Waals surface area contributed by atoms with Crippen LogP contribution in [0.3, 0.4) is 0 Å². The number of rotatable bonds is 6. The molecule has 166 valence electrons. The van der Waals surface area contributed by atoms with Crippen molar-refractivity contribution in [1.82, 2.24) is 15.1 Å². The molecule has 0 saturated carbocycles. The van der Waals surface area contributed by atoms with Crippen molar-refractivity contribution < 1.29 is 18.7 Å². The number of nitrogens with one attached hydrogen (secondary N) is 1. The van der Waals surface area contributed by atoms with Crippen LogP contribution in [0.25, 0.3) is 5.69 Å². The molecule has 0 aliphatic heterocycles. The van der Waals surface area contributed by atoms with Gasteiger partial charge in [-0.2, -0.15) is 5.10 Å². The molecule has 1 N–H and O–H groups in total. The number of ketones is 1. The number of carbonyl (C=O) groups is 2. The standard InChI is InChI=1S/C25H26FN3O3/c1-16(30)17-4-10-20(11-5-17)32-15-24(31)28-22-12-25(2,3)13-23-21(22)14-27-29(23)19-8-6-18(26)7-9-19/h4-11,14,22H,12-13,15H2,1-3H3,(H,28,31)/t22-/m1/s1. The number of fused-ring (bicyclic) bond motifs is 1. The van der Waals surface area contributed by atoms with E-state index < -0.39 is 0 Å². The van der Waals surface area contributed by atoms with Gasteiger partial charge in [-0.25, -0.2) is 9.07 Å². The number of Topliss-reactive ketones (excluding diaryl/α,β-unsaturated/α-hetero) is 1. The first-order valence-electron chi connectivity index (χ1n) is 10.6. The van der Waals surface area contributed by atoms with Crippen molar-refractivity contribution in [1.29, 1.82) is 0 Å². The van der Waals surface area contributed by atoms with Gasteiger partial charge in [-0.1, -0.05) is 13.8 Å². The molecule has 0 spiro atoms. The third-order valence-corrected chi connectivity index (χ3v) is 5.72. The van der Waals surface area contributed by atoms with Crippen LogP contribution >= 0.6 is 0 Å². The fraction of sp³-hybridized carbons (Fsp3) is 0.320. The molecule has 1 aliphatic rings. The van der Waals surface area contributed by atoms with E-state index >= 15 is 0 Å². The Bertz CT molecular complexity index is 1130. The molecule has 0 bridgehead atoms. The second-order valence-electron chi connectivity index (χ2n) is 8.97. The summed E-state index contributed by atoms with van der Waals surface area (Å²) in [6.07, 6.45) is 3.35. The molecule has 0 saturated heterocycles. The maximum atomic E-state index is 13.3. The predicted octanol–water partition coefficient (Wildman–Crippen LogP) is 4.42. The monoisotopic (exact) mass is 435 g/mol. The lowest BCUT2D eigenvalue weighted by atomic mass is 9.74. The van der Waals surface area contributed by atoms with Gasteiger partial charge in [0.15, 0.2) is 12.4 Å². The van der Waals surface area contributed by atoms with Gasteiger partial charge in [0, 0.05) is 11.1 Å². The summed E-state index contributed by atoms with van der Waals surface area (Å²) in [5, 5.41) is 7.59. The summed E-state index contributed by atoms with van der Waals surface area (Å²) in [5.41, 5.74) is 3.31. The third kappa shape index (κ3) is 4.72. The first-order valence-corrected chi connectivity index (χ1v) is 10.6. The average molecular weight is 435 g/mol. The number of carbonyl (C=O) groups excluding carboxylic acids is 2. The summed E-state index contributed by atoms with van der Waals surface area (Å²) in [7, 11) is 0. The van der Waals surface area contributed by atoms with Crippen LogP contribution in [0.1, 0.15) is 54.8 Å². The number of ether oxygens (including phenoxy) is 1. The number of hydrogen-bond donors (Lipinski definition) is 1. The molecule has 4 rings (SSSR count). The van der Waals surface area contributed by atoms with Crippen LogP contribution < -0.4 is 10.1 Å². The van der Waals surface area contributed by atoms with Gasteiger partial charge in [0.25, 0.3) is 5.91 Å². The van der Waals surface area contributed by atoms with Crippen molar-refractivity contribution in [2.75, 3.05) is 6.61 Å². The number of benzene rings is 2. The van der Waals surface area contributed by atoms with Crippen molar-refractivity contribution in [3.8, 4) is 11.4 Å². The lowest BCUT2D eigenvalue weighted by molar-refractivity contribution is -0.124. The van der Waals surface area contributed by atoms with E-state index in [0.717, 1.165) is 29.8 Å². The van der Waals surface area contributed by atoms with Gasteiger partial charge < -0.3 is 10.1 Å². The summed E-state index contributed by atoms with van der Waals surface area (Å²) in [6.45, 7) is 5.69. The van der Waals surface area contributed by atoms with Gasteiger partial charge in [-0.05, 0) is 73.7 Å². The van der Waals surface area contributed by atoms with E-state index in [1.165, 1.54) is 19.1 Å². The zero-order valence-corrected chi connectivity index (χ0v) is 18.4. The molecule has 1 aliphatic carbocycles. The Balaban J connectivity index is 1.47. The number of nitrogens with zero attached hydrogens (tertiary/aromatic N) is 2. The van der Waals surface area contributed by atoms with Crippen molar-refractivity contribution in [3.63, 3.8) is 0 Å². The lowest BCUT2D eigenvalue weighted by Gasteiger charge is -2.36. The van der Waals surface area contributed by atoms with Crippen LogP contribution in [0.15, 0.2) is 54.7 Å². The van der Waals surface area contributed by atoms with Crippen molar-refractivity contribution in [3.05, 3.63) is 77.4 Å². The molecule has 7 heteroatoms. The second-order valence-corrected chi connectivity index (χ2v) is 8.97. The van der Waals surface area contributed by atoms with Crippen LogP contribution in [-0.4, -0.2) is 28.1 Å². The number of hydrogen-bond acceptors (Lipinski definition) is 4. The summed E-state index contributed by atoms with van der Waals surface area (Å²) in [4.78, 5) is 24.0. The van der Waals surface area contributed by atoms with E-state index in [0.29, 0.717) is 11.3 Å². The molecule has 1 atom stereocenters. The minimum atomic E-state index is -0.295. The molecule has 0 radical (unpaired) electrons. The molecule has 6 nitrogen and oxygen atoms in total. The van der Waals surface area contributed by atoms with Gasteiger partial charge in [-0.15, -0.1) is 0 Å². The van der Waals surface area contributed by atoms with Gasteiger partial charge in [0.2, 0.25) is 0 Å². The van der Waals surface area contributed by atoms with E-state index in [2.05, 4.69) is 24.3 Å². The molecular weight excluding hydrogens is 409 g/mol. The largest absolute Gasteiger partial charge is 0.484 e. The Hall–Kier alpha value is -3.48. The highest BCUT2D eigenvalue weighted by atomic mass is 19.1. The summed E-state index contributed by atoms with van der Waals surface area (Å²) < 4.78 is 20.8. The minimum absolute atomic E-state index is 0.0220. The van der Waals surface area contributed by atoms with Crippen LogP contribution in [-0.2, 0) is 11.2 Å². The number of amides is 1. The van der Waals surface area contributed by atoms with Crippen molar-refractivity contribution in [2.45, 2.75) is 39.7 Å². The zero-order chi connectivity index (χ0) is 22.9. The topological polar surface area (TPSA) is 73.2 Å². The summed E-state index contributed by atoms with van der Waals surface area (Å²) in [5.74, 6) is -0.0230. The van der Waals surface area contributed by atoms with Gasteiger partial charge in [0.05, 0.1) is 23.6 Å². The zero-order valence-electron chi connectivity index (χ0n) is 18.4. The Morgan fingerprint density at radius 1 is 1.16 bits per heavy atom. The second kappa shape index (κ2) is 8.57. The smallest absolute Gasteiger partial charge is 0.258 e. The molecular formula is C25H26FN3O3. The van der Waals surface area contributed by atoms with Crippen LogP contribution in [0.2, 0.25) is 0 Å². The van der Waals surface area contributed by atoms with E-state index in [4.69, 9.17) is 4.74 Å². The Kier molecular flexibility index (Phi) is 5.82. The van der Waals surface area contributed by atoms with E-state index in [-0.39, 0.29) is 35.6 Å². The van der Waals surface area contributed by atoms with Crippen LogP contribution in [0, 0.1) is 11.2 Å². The summed E-state index contributed by atoms with van der Waals surface area (Å²) >= 11 is 0. The number of halogens is 1. The van der Waals surface area contributed by atoms with Gasteiger partial charge in [-0.3, -0.25) is 9.59 Å². The van der Waals surface area contributed by atoms with Crippen molar-refractivity contribution in [2.24, 2.45) is 5.41 Å². The first kappa shape index (κ1) is 21.7. The molecule has 32 heavy (non-hydrogen) atoms. The maximum absolute atomic E-state index is 13.3. The third-order valence-electron chi connectivity index (χ3n) is 5.72.